The molecular formula is C27H26N2O2. The summed E-state index contributed by atoms with van der Waals surface area (Å²) in [5.41, 5.74) is 9.53. The second-order valence-electron chi connectivity index (χ2n) is 9.21. The molecule has 3 aliphatic rings. The number of rotatable bonds is 5. The van der Waals surface area contributed by atoms with Crippen molar-refractivity contribution >= 4 is 5.91 Å². The van der Waals surface area contributed by atoms with Crippen molar-refractivity contribution in [1.82, 2.24) is 10.4 Å². The van der Waals surface area contributed by atoms with Crippen LogP contribution in [-0.4, -0.2) is 22.1 Å². The summed E-state index contributed by atoms with van der Waals surface area (Å²) in [6.07, 6.45) is 2.70. The predicted octanol–water partition coefficient (Wildman–Crippen LogP) is 4.83. The average Bonchev–Trinajstić information content (AvgIpc) is 3.74. The molecule has 3 aromatic carbocycles. The first-order chi connectivity index (χ1) is 15.2. The lowest BCUT2D eigenvalue weighted by molar-refractivity contribution is -0.130. The first-order valence-electron chi connectivity index (χ1n) is 11.2. The van der Waals surface area contributed by atoms with Crippen LogP contribution < -0.4 is 5.48 Å². The van der Waals surface area contributed by atoms with E-state index >= 15 is 0 Å². The molecule has 0 radical (unpaired) electrons. The number of carbonyl (C=O) groups is 1. The van der Waals surface area contributed by atoms with E-state index in [4.69, 9.17) is 0 Å². The maximum Gasteiger partial charge on any atom is 0.247 e. The third-order valence-corrected chi connectivity index (χ3v) is 7.26. The van der Waals surface area contributed by atoms with Crippen LogP contribution in [0.4, 0.5) is 0 Å². The van der Waals surface area contributed by atoms with Crippen LogP contribution in [0.1, 0.15) is 46.9 Å². The van der Waals surface area contributed by atoms with Gasteiger partial charge in [0.2, 0.25) is 5.91 Å². The molecule has 4 heteroatoms. The minimum Gasteiger partial charge on any atom is -0.292 e. The Bertz CT molecular complexity index is 1120. The number of hydroxylamine groups is 1. The molecule has 3 atom stereocenters. The summed E-state index contributed by atoms with van der Waals surface area (Å²) < 4.78 is 0. The van der Waals surface area contributed by atoms with Gasteiger partial charge in [0.25, 0.3) is 0 Å². The quantitative estimate of drug-likeness (QED) is 0.468. The van der Waals surface area contributed by atoms with Crippen LogP contribution in [0.3, 0.4) is 0 Å². The molecular weight excluding hydrogens is 384 g/mol. The zero-order chi connectivity index (χ0) is 20.9. The van der Waals surface area contributed by atoms with Crippen LogP contribution in [0.15, 0.2) is 72.8 Å². The van der Waals surface area contributed by atoms with E-state index in [1.54, 1.807) is 0 Å². The molecule has 4 nitrogen and oxygen atoms in total. The van der Waals surface area contributed by atoms with Crippen LogP contribution in [-0.2, 0) is 17.9 Å². The van der Waals surface area contributed by atoms with Gasteiger partial charge in [0.05, 0.1) is 5.92 Å². The lowest BCUT2D eigenvalue weighted by Gasteiger charge is -2.12. The Morgan fingerprint density at radius 1 is 0.806 bits per heavy atom. The van der Waals surface area contributed by atoms with Gasteiger partial charge in [-0.05, 0) is 52.3 Å². The average molecular weight is 411 g/mol. The Morgan fingerprint density at radius 3 is 2.13 bits per heavy atom. The van der Waals surface area contributed by atoms with Crippen molar-refractivity contribution in [3.05, 3.63) is 95.1 Å². The zero-order valence-corrected chi connectivity index (χ0v) is 17.4. The molecule has 2 N–H and O–H groups in total. The van der Waals surface area contributed by atoms with E-state index < -0.39 is 0 Å². The van der Waals surface area contributed by atoms with Crippen molar-refractivity contribution in [3.63, 3.8) is 0 Å². The van der Waals surface area contributed by atoms with Gasteiger partial charge in [-0.1, -0.05) is 66.7 Å². The highest BCUT2D eigenvalue weighted by molar-refractivity contribution is 5.84. The summed E-state index contributed by atoms with van der Waals surface area (Å²) in [7, 11) is 0. The second kappa shape index (κ2) is 7.33. The van der Waals surface area contributed by atoms with E-state index in [-0.39, 0.29) is 23.7 Å². The molecule has 0 saturated heterocycles. The fourth-order valence-corrected chi connectivity index (χ4v) is 5.41. The number of fused-ring (bicyclic) bond motifs is 1. The van der Waals surface area contributed by atoms with Gasteiger partial charge in [0.1, 0.15) is 0 Å². The summed E-state index contributed by atoms with van der Waals surface area (Å²) in [6.45, 7) is 2.17. The van der Waals surface area contributed by atoms with Gasteiger partial charge in [0.15, 0.2) is 0 Å². The third-order valence-electron chi connectivity index (χ3n) is 7.26. The summed E-state index contributed by atoms with van der Waals surface area (Å²) in [4.78, 5) is 14.8. The molecule has 0 bridgehead atoms. The van der Waals surface area contributed by atoms with Crippen LogP contribution in [0.5, 0.6) is 0 Å². The number of amides is 1. The third kappa shape index (κ3) is 3.36. The number of nitrogens with one attached hydrogen (secondary N) is 1. The van der Waals surface area contributed by atoms with Gasteiger partial charge in [-0.3, -0.25) is 14.9 Å². The maximum absolute atomic E-state index is 12.3. The van der Waals surface area contributed by atoms with Gasteiger partial charge in [-0.2, -0.15) is 0 Å². The Hall–Kier alpha value is -2.95. The van der Waals surface area contributed by atoms with E-state index in [0.717, 1.165) is 30.3 Å². The molecule has 1 heterocycles. The molecule has 2 fully saturated rings. The smallest absolute Gasteiger partial charge is 0.247 e. The lowest BCUT2D eigenvalue weighted by atomic mass is 9.98. The summed E-state index contributed by atoms with van der Waals surface area (Å²) >= 11 is 0. The van der Waals surface area contributed by atoms with Crippen molar-refractivity contribution in [2.24, 2.45) is 5.92 Å². The van der Waals surface area contributed by atoms with E-state index in [2.05, 4.69) is 59.5 Å². The minimum absolute atomic E-state index is 0.0933. The maximum atomic E-state index is 12.3. The van der Waals surface area contributed by atoms with Crippen molar-refractivity contribution < 1.29 is 10.0 Å². The van der Waals surface area contributed by atoms with Crippen molar-refractivity contribution in [2.45, 2.75) is 43.8 Å². The van der Waals surface area contributed by atoms with Crippen molar-refractivity contribution in [1.29, 1.82) is 0 Å². The number of carbonyl (C=O) groups excluding carboxylic acids is 1. The standard InChI is InChI=1S/C27H26N2O2/c30-27(28-31)26-24(18-4-2-1-3-5-18)25(26)19-8-6-17(7-9-19)20-10-11-21-15-29(23-12-13-23)16-22(21)14-20/h1-11,14,23-26,31H,12-13,15-16H2,(H,28,30)/t24-,25-,26-/m1/s1. The molecule has 1 aliphatic heterocycles. The molecule has 6 rings (SSSR count). The van der Waals surface area contributed by atoms with Crippen LogP contribution >= 0.6 is 0 Å². The Balaban J connectivity index is 1.24. The largest absolute Gasteiger partial charge is 0.292 e. The van der Waals surface area contributed by atoms with E-state index in [1.807, 2.05) is 23.7 Å². The fourth-order valence-electron chi connectivity index (χ4n) is 5.41. The number of benzene rings is 3. The molecule has 31 heavy (non-hydrogen) atoms. The predicted molar refractivity (Wildman–Crippen MR) is 119 cm³/mol. The monoisotopic (exact) mass is 410 g/mol. The van der Waals surface area contributed by atoms with Gasteiger partial charge in [-0.25, -0.2) is 5.48 Å². The Labute approximate surface area is 182 Å². The molecule has 3 aromatic rings. The highest BCUT2D eigenvalue weighted by Crippen LogP contribution is 2.60. The number of hydrogen-bond donors (Lipinski definition) is 2. The van der Waals surface area contributed by atoms with Gasteiger partial charge in [0, 0.05) is 31.0 Å². The van der Waals surface area contributed by atoms with Gasteiger partial charge in [-0.15, -0.1) is 0 Å². The molecule has 0 spiro atoms. The molecule has 2 saturated carbocycles. The summed E-state index contributed by atoms with van der Waals surface area (Å²) in [6, 6.07) is 26.4. The molecule has 0 unspecified atom stereocenters. The zero-order valence-electron chi connectivity index (χ0n) is 17.4. The van der Waals surface area contributed by atoms with Crippen molar-refractivity contribution in [3.8, 4) is 11.1 Å². The molecule has 2 aliphatic carbocycles. The van der Waals surface area contributed by atoms with Gasteiger partial charge < -0.3 is 0 Å². The fraction of sp³-hybridized carbons (Fsp3) is 0.296. The molecule has 1 amide bonds. The van der Waals surface area contributed by atoms with E-state index in [9.17, 15) is 10.0 Å². The van der Waals surface area contributed by atoms with Crippen LogP contribution in [0.2, 0.25) is 0 Å². The lowest BCUT2D eigenvalue weighted by Crippen LogP contribution is -2.21. The number of nitrogens with zero attached hydrogens (tertiary/aromatic N) is 1. The Morgan fingerprint density at radius 2 is 1.45 bits per heavy atom. The highest BCUT2D eigenvalue weighted by atomic mass is 16.5. The molecule has 156 valence electrons. The first-order valence-corrected chi connectivity index (χ1v) is 11.2. The summed E-state index contributed by atoms with van der Waals surface area (Å²) in [5, 5.41) is 9.20. The normalized spacial score (nSPS) is 24.6. The minimum atomic E-state index is -0.304. The summed E-state index contributed by atoms with van der Waals surface area (Å²) in [5.74, 6) is -0.336. The van der Waals surface area contributed by atoms with Crippen LogP contribution in [0.25, 0.3) is 11.1 Å². The van der Waals surface area contributed by atoms with Gasteiger partial charge >= 0.3 is 0 Å². The van der Waals surface area contributed by atoms with E-state index in [1.165, 1.54) is 35.1 Å². The highest BCUT2D eigenvalue weighted by Gasteiger charge is 2.56. The SMILES string of the molecule is O=C(NO)[C@@H]1[C@H](c2ccccc2)[C@H]1c1ccc(-c2ccc3c(c2)CN(C2CC2)C3)cc1. The number of hydrogen-bond acceptors (Lipinski definition) is 3. The first kappa shape index (κ1) is 18.8. The second-order valence-corrected chi connectivity index (χ2v) is 9.21. The Kier molecular flexibility index (Phi) is 4.44. The van der Waals surface area contributed by atoms with Crippen LogP contribution in [0, 0.1) is 5.92 Å². The van der Waals surface area contributed by atoms with Crippen molar-refractivity contribution in [2.75, 3.05) is 0 Å². The topological polar surface area (TPSA) is 52.6 Å². The van der Waals surface area contributed by atoms with E-state index in [0.29, 0.717) is 0 Å². The molecule has 0 aromatic heterocycles.